The fourth-order valence-electron chi connectivity index (χ4n) is 4.09. The van der Waals surface area contributed by atoms with E-state index in [0.29, 0.717) is 28.8 Å². The number of benzene rings is 1. The molecular formula is C24H29N5O2. The third-order valence-corrected chi connectivity index (χ3v) is 5.86. The molecule has 1 atom stereocenters. The third-order valence-electron chi connectivity index (χ3n) is 5.86. The van der Waals surface area contributed by atoms with Crippen molar-refractivity contribution in [2.45, 2.75) is 46.2 Å². The monoisotopic (exact) mass is 419 g/mol. The van der Waals surface area contributed by atoms with E-state index in [4.69, 9.17) is 4.98 Å². The molecule has 0 saturated carbocycles. The number of hydrogen-bond donors (Lipinski definition) is 1. The summed E-state index contributed by atoms with van der Waals surface area (Å²) in [4.78, 5) is 33.1. The van der Waals surface area contributed by atoms with Crippen molar-refractivity contribution < 1.29 is 9.59 Å². The molecule has 1 aliphatic heterocycles. The third kappa shape index (κ3) is 4.17. The summed E-state index contributed by atoms with van der Waals surface area (Å²) < 4.78 is 1.79. The highest BCUT2D eigenvalue weighted by atomic mass is 16.2. The molecule has 0 bridgehead atoms. The first-order chi connectivity index (χ1) is 15.0. The lowest BCUT2D eigenvalue weighted by Gasteiger charge is -2.26. The standard InChI is InChI=1S/C24H29N5O2/c1-4-29-22-19(15-25-29)18(14-20(26-22)17-10-6-5-7-11-17)23(30)27-21(16(2)3)24(31)28-12-8-9-13-28/h5-7,10-11,14-16,21H,4,8-9,12-13H2,1-3H3,(H,27,30)/t21-/m0/s1. The van der Waals surface area contributed by atoms with Gasteiger partial charge in [-0.05, 0) is 31.7 Å². The molecule has 7 nitrogen and oxygen atoms in total. The molecule has 0 unspecified atom stereocenters. The fraction of sp³-hybridized carbons (Fsp3) is 0.417. The largest absolute Gasteiger partial charge is 0.341 e. The van der Waals surface area contributed by atoms with Crippen LogP contribution in [0.4, 0.5) is 0 Å². The fourth-order valence-corrected chi connectivity index (χ4v) is 4.09. The van der Waals surface area contributed by atoms with Gasteiger partial charge in [0, 0.05) is 25.2 Å². The van der Waals surface area contributed by atoms with Crippen molar-refractivity contribution in [2.24, 2.45) is 5.92 Å². The Morgan fingerprint density at radius 1 is 1.13 bits per heavy atom. The van der Waals surface area contributed by atoms with E-state index in [0.717, 1.165) is 31.5 Å². The molecule has 2 amide bonds. The molecular weight excluding hydrogens is 390 g/mol. The van der Waals surface area contributed by atoms with E-state index in [1.165, 1.54) is 0 Å². The van der Waals surface area contributed by atoms with E-state index in [1.807, 2.05) is 56.0 Å². The Labute approximate surface area is 182 Å². The number of nitrogens with one attached hydrogen (secondary N) is 1. The lowest BCUT2D eigenvalue weighted by molar-refractivity contribution is -0.133. The van der Waals surface area contributed by atoms with Crippen molar-refractivity contribution in [1.29, 1.82) is 0 Å². The van der Waals surface area contributed by atoms with Gasteiger partial charge in [-0.3, -0.25) is 9.59 Å². The minimum Gasteiger partial charge on any atom is -0.341 e. The van der Waals surface area contributed by atoms with Crippen LogP contribution in [-0.4, -0.2) is 50.6 Å². The second-order valence-electron chi connectivity index (χ2n) is 8.35. The molecule has 1 fully saturated rings. The number of aryl methyl sites for hydroxylation is 1. The van der Waals surface area contributed by atoms with Gasteiger partial charge in [0.1, 0.15) is 6.04 Å². The summed E-state index contributed by atoms with van der Waals surface area (Å²) in [5, 5.41) is 8.11. The molecule has 1 aliphatic rings. The quantitative estimate of drug-likeness (QED) is 0.663. The van der Waals surface area contributed by atoms with E-state index >= 15 is 0 Å². The van der Waals surface area contributed by atoms with E-state index in [9.17, 15) is 9.59 Å². The molecule has 3 heterocycles. The summed E-state index contributed by atoms with van der Waals surface area (Å²) in [6, 6.07) is 11.0. The Kier molecular flexibility index (Phi) is 6.02. The number of nitrogens with zero attached hydrogens (tertiary/aromatic N) is 4. The summed E-state index contributed by atoms with van der Waals surface area (Å²) in [5.41, 5.74) is 2.79. The number of likely N-dealkylation sites (tertiary alicyclic amines) is 1. The number of hydrogen-bond acceptors (Lipinski definition) is 4. The van der Waals surface area contributed by atoms with Crippen LogP contribution in [0.15, 0.2) is 42.6 Å². The summed E-state index contributed by atoms with van der Waals surface area (Å²) in [6.07, 6.45) is 3.72. The van der Waals surface area contributed by atoms with Gasteiger partial charge in [0.15, 0.2) is 5.65 Å². The van der Waals surface area contributed by atoms with Gasteiger partial charge in [-0.1, -0.05) is 44.2 Å². The summed E-state index contributed by atoms with van der Waals surface area (Å²) >= 11 is 0. The zero-order valence-electron chi connectivity index (χ0n) is 18.3. The Morgan fingerprint density at radius 2 is 1.84 bits per heavy atom. The van der Waals surface area contributed by atoms with Gasteiger partial charge < -0.3 is 10.2 Å². The first-order valence-electron chi connectivity index (χ1n) is 11.0. The maximum atomic E-state index is 13.4. The topological polar surface area (TPSA) is 80.1 Å². The second-order valence-corrected chi connectivity index (χ2v) is 8.35. The Morgan fingerprint density at radius 3 is 2.48 bits per heavy atom. The zero-order valence-corrected chi connectivity index (χ0v) is 18.3. The van der Waals surface area contributed by atoms with Gasteiger partial charge in [0.2, 0.25) is 5.91 Å². The first kappa shape index (κ1) is 21.0. The van der Waals surface area contributed by atoms with Gasteiger partial charge in [0.05, 0.1) is 22.8 Å². The van der Waals surface area contributed by atoms with Gasteiger partial charge in [-0.2, -0.15) is 5.10 Å². The number of carbonyl (C=O) groups excluding carboxylic acids is 2. The normalized spacial score (nSPS) is 14.9. The Balaban J connectivity index is 1.72. The predicted molar refractivity (Wildman–Crippen MR) is 121 cm³/mol. The maximum absolute atomic E-state index is 13.4. The average molecular weight is 420 g/mol. The van der Waals surface area contributed by atoms with E-state index < -0.39 is 6.04 Å². The number of aromatic nitrogens is 3. The number of amides is 2. The number of carbonyl (C=O) groups is 2. The SMILES string of the molecule is CCn1ncc2c(C(=O)N[C@H](C(=O)N3CCCC3)C(C)C)cc(-c3ccccc3)nc21. The molecule has 1 aromatic carbocycles. The van der Waals surface area contributed by atoms with Crippen molar-refractivity contribution in [3.05, 3.63) is 48.2 Å². The van der Waals surface area contributed by atoms with Crippen LogP contribution < -0.4 is 5.32 Å². The van der Waals surface area contributed by atoms with Crippen molar-refractivity contribution >= 4 is 22.8 Å². The molecule has 0 aliphatic carbocycles. The second kappa shape index (κ2) is 8.88. The lowest BCUT2D eigenvalue weighted by atomic mass is 10.0. The van der Waals surface area contributed by atoms with Gasteiger partial charge in [0.25, 0.3) is 5.91 Å². The van der Waals surface area contributed by atoms with Gasteiger partial charge in [-0.25, -0.2) is 9.67 Å². The van der Waals surface area contributed by atoms with E-state index in [1.54, 1.807) is 16.9 Å². The predicted octanol–water partition coefficient (Wildman–Crippen LogP) is 3.50. The zero-order chi connectivity index (χ0) is 22.0. The highest BCUT2D eigenvalue weighted by Gasteiger charge is 2.31. The molecule has 0 radical (unpaired) electrons. The highest BCUT2D eigenvalue weighted by molar-refractivity contribution is 6.07. The number of rotatable bonds is 6. The highest BCUT2D eigenvalue weighted by Crippen LogP contribution is 2.25. The molecule has 0 spiro atoms. The van der Waals surface area contributed by atoms with Crippen molar-refractivity contribution in [2.75, 3.05) is 13.1 Å². The van der Waals surface area contributed by atoms with Crippen LogP contribution in [0.3, 0.4) is 0 Å². The maximum Gasteiger partial charge on any atom is 0.252 e. The minimum absolute atomic E-state index is 0.00122. The minimum atomic E-state index is -0.560. The van der Waals surface area contributed by atoms with Crippen LogP contribution >= 0.6 is 0 Å². The van der Waals surface area contributed by atoms with Crippen molar-refractivity contribution in [3.63, 3.8) is 0 Å². The summed E-state index contributed by atoms with van der Waals surface area (Å²) in [5.74, 6) is -0.286. The molecule has 162 valence electrons. The molecule has 1 saturated heterocycles. The molecule has 3 aromatic rings. The average Bonchev–Trinajstić information content (AvgIpc) is 3.46. The van der Waals surface area contributed by atoms with E-state index in [-0.39, 0.29) is 17.7 Å². The van der Waals surface area contributed by atoms with Gasteiger partial charge >= 0.3 is 0 Å². The van der Waals surface area contributed by atoms with Crippen LogP contribution in [0.25, 0.3) is 22.3 Å². The van der Waals surface area contributed by atoms with Crippen LogP contribution in [0.2, 0.25) is 0 Å². The summed E-state index contributed by atoms with van der Waals surface area (Å²) in [7, 11) is 0. The number of pyridine rings is 1. The summed E-state index contributed by atoms with van der Waals surface area (Å²) in [6.45, 7) is 8.10. The molecule has 4 rings (SSSR count). The molecule has 31 heavy (non-hydrogen) atoms. The molecule has 2 aromatic heterocycles. The van der Waals surface area contributed by atoms with Crippen molar-refractivity contribution in [3.8, 4) is 11.3 Å². The molecule has 7 heteroatoms. The van der Waals surface area contributed by atoms with Crippen LogP contribution in [0.1, 0.15) is 44.0 Å². The van der Waals surface area contributed by atoms with Gasteiger partial charge in [-0.15, -0.1) is 0 Å². The smallest absolute Gasteiger partial charge is 0.252 e. The Hall–Kier alpha value is -3.22. The van der Waals surface area contributed by atoms with Crippen molar-refractivity contribution in [1.82, 2.24) is 25.0 Å². The number of fused-ring (bicyclic) bond motifs is 1. The Bertz CT molecular complexity index is 1080. The van der Waals surface area contributed by atoms with Crippen LogP contribution in [0, 0.1) is 5.92 Å². The van der Waals surface area contributed by atoms with E-state index in [2.05, 4.69) is 10.4 Å². The molecule has 1 N–H and O–H groups in total. The van der Waals surface area contributed by atoms with Crippen LogP contribution in [-0.2, 0) is 11.3 Å². The van der Waals surface area contributed by atoms with Crippen LogP contribution in [0.5, 0.6) is 0 Å². The first-order valence-corrected chi connectivity index (χ1v) is 11.0. The lowest BCUT2D eigenvalue weighted by Crippen LogP contribution is -2.50.